The number of aliphatic hydroxyl groups excluding tert-OH is 3. The highest BCUT2D eigenvalue weighted by Gasteiger charge is 2.13. The van der Waals surface area contributed by atoms with Crippen LogP contribution in [0.2, 0.25) is 0 Å². The summed E-state index contributed by atoms with van der Waals surface area (Å²) >= 11 is 0. The average Bonchev–Trinajstić information content (AvgIpc) is 1.84. The number of Topliss-reactive ketones (excluding diaryl/α,β-unsaturated/α-hetero) is 1. The van der Waals surface area contributed by atoms with Gasteiger partial charge in [-0.25, -0.2) is 0 Å². The van der Waals surface area contributed by atoms with Crippen LogP contribution in [0.15, 0.2) is 12.0 Å². The number of carbonyl (C=O) groups excluding carboxylic acids is 1. The van der Waals surface area contributed by atoms with E-state index in [1.54, 1.807) is 0 Å². The smallest absolute Gasteiger partial charge is 0.228 e. The van der Waals surface area contributed by atoms with Gasteiger partial charge in [0.05, 0.1) is 0 Å². The number of hydrogen-bond donors (Lipinski definition) is 3. The van der Waals surface area contributed by atoms with Gasteiger partial charge in [-0.1, -0.05) is 0 Å². The van der Waals surface area contributed by atoms with E-state index < -0.39 is 17.6 Å². The van der Waals surface area contributed by atoms with Crippen LogP contribution >= 0.6 is 0 Å². The Hall–Kier alpha value is -1.03. The minimum absolute atomic E-state index is 0.245. The second-order valence-electron chi connectivity index (χ2n) is 1.55. The van der Waals surface area contributed by atoms with Gasteiger partial charge in [0.25, 0.3) is 0 Å². The first-order valence-electron chi connectivity index (χ1n) is 2.35. The summed E-state index contributed by atoms with van der Waals surface area (Å²) in [5.74, 6) is -1.72. The molecule has 0 aromatic rings. The lowest BCUT2D eigenvalue weighted by molar-refractivity contribution is -0.125. The second kappa shape index (κ2) is 3.09. The average molecular weight is 132 g/mol. The molecule has 0 aromatic heterocycles. The molecule has 3 N–H and O–H groups in total. The van der Waals surface area contributed by atoms with Crippen LogP contribution in [0.1, 0.15) is 6.92 Å². The van der Waals surface area contributed by atoms with Crippen molar-refractivity contribution < 1.29 is 20.1 Å². The fraction of sp³-hybridized carbons (Fsp3) is 0.400. The van der Waals surface area contributed by atoms with Gasteiger partial charge in [-0.15, -0.1) is 0 Å². The number of aliphatic hydroxyl groups is 3. The van der Waals surface area contributed by atoms with E-state index in [1.807, 2.05) is 0 Å². The molecule has 1 unspecified atom stereocenters. The first-order valence-corrected chi connectivity index (χ1v) is 2.35. The molecule has 4 heteroatoms. The highest BCUT2D eigenvalue weighted by Crippen LogP contribution is 1.93. The molecule has 0 aromatic carbocycles. The fourth-order valence-corrected chi connectivity index (χ4v) is 0.278. The highest BCUT2D eigenvalue weighted by atomic mass is 16.3. The molecule has 52 valence electrons. The molecule has 1 atom stereocenters. The third-order valence-corrected chi connectivity index (χ3v) is 0.754. The zero-order valence-corrected chi connectivity index (χ0v) is 4.90. The van der Waals surface area contributed by atoms with E-state index in [2.05, 4.69) is 0 Å². The summed E-state index contributed by atoms with van der Waals surface area (Å²) in [5.41, 5.74) is 0. The minimum atomic E-state index is -1.27. The Kier molecular flexibility index (Phi) is 2.73. The standard InChI is InChI=1S/C5H8O4/c1-3(7)5(9)4(8)2-6/h2-3,6-8H,1H3. The van der Waals surface area contributed by atoms with Crippen LogP contribution in [0.4, 0.5) is 0 Å². The molecule has 0 amide bonds. The Bertz CT molecular complexity index is 136. The lowest BCUT2D eigenvalue weighted by Crippen LogP contribution is -2.17. The predicted octanol–water partition coefficient (Wildman–Crippen LogP) is -0.106. The molecular weight excluding hydrogens is 124 g/mol. The molecule has 0 aliphatic carbocycles. The van der Waals surface area contributed by atoms with Crippen LogP contribution in [0.5, 0.6) is 0 Å². The van der Waals surface area contributed by atoms with Gasteiger partial charge in [0.2, 0.25) is 5.78 Å². The van der Waals surface area contributed by atoms with Gasteiger partial charge >= 0.3 is 0 Å². The van der Waals surface area contributed by atoms with E-state index in [9.17, 15) is 4.79 Å². The maximum Gasteiger partial charge on any atom is 0.228 e. The van der Waals surface area contributed by atoms with Crippen molar-refractivity contribution in [3.8, 4) is 0 Å². The Morgan fingerprint density at radius 3 is 2.22 bits per heavy atom. The molecule has 0 aliphatic rings. The predicted molar refractivity (Wildman–Crippen MR) is 30.0 cm³/mol. The van der Waals surface area contributed by atoms with Crippen molar-refractivity contribution in [1.82, 2.24) is 0 Å². The SMILES string of the molecule is CC(O)C(=O)C(O)=CO. The molecule has 0 bridgehead atoms. The summed E-state index contributed by atoms with van der Waals surface area (Å²) in [5, 5.41) is 24.9. The van der Waals surface area contributed by atoms with Gasteiger partial charge in [-0.05, 0) is 6.92 Å². The first kappa shape index (κ1) is 7.97. The van der Waals surface area contributed by atoms with E-state index in [4.69, 9.17) is 15.3 Å². The Balaban J connectivity index is 4.06. The summed E-state index contributed by atoms with van der Waals surface area (Å²) in [6.45, 7) is 1.20. The van der Waals surface area contributed by atoms with Crippen molar-refractivity contribution in [3.05, 3.63) is 12.0 Å². The van der Waals surface area contributed by atoms with E-state index in [-0.39, 0.29) is 6.26 Å². The molecule has 0 saturated heterocycles. The van der Waals surface area contributed by atoms with Crippen LogP contribution in [-0.2, 0) is 4.79 Å². The van der Waals surface area contributed by atoms with E-state index in [0.29, 0.717) is 0 Å². The van der Waals surface area contributed by atoms with Gasteiger partial charge in [0.15, 0.2) is 5.76 Å². The summed E-state index contributed by atoms with van der Waals surface area (Å²) in [4.78, 5) is 10.3. The maximum atomic E-state index is 10.3. The number of rotatable bonds is 2. The van der Waals surface area contributed by atoms with Gasteiger partial charge in [0, 0.05) is 0 Å². The number of carbonyl (C=O) groups is 1. The van der Waals surface area contributed by atoms with Crippen molar-refractivity contribution in [2.75, 3.05) is 0 Å². The summed E-state index contributed by atoms with van der Waals surface area (Å²) in [7, 11) is 0. The van der Waals surface area contributed by atoms with E-state index in [1.165, 1.54) is 6.92 Å². The van der Waals surface area contributed by atoms with Gasteiger partial charge in [0.1, 0.15) is 12.4 Å². The van der Waals surface area contributed by atoms with Crippen molar-refractivity contribution in [3.63, 3.8) is 0 Å². The molecular formula is C5H8O4. The minimum Gasteiger partial charge on any atom is -0.512 e. The summed E-state index contributed by atoms with van der Waals surface area (Å²) in [6, 6.07) is 0. The normalized spacial score (nSPS) is 15.1. The van der Waals surface area contributed by atoms with Crippen molar-refractivity contribution in [2.45, 2.75) is 13.0 Å². The van der Waals surface area contributed by atoms with Gasteiger partial charge in [-0.2, -0.15) is 0 Å². The van der Waals surface area contributed by atoms with Crippen molar-refractivity contribution in [1.29, 1.82) is 0 Å². The van der Waals surface area contributed by atoms with E-state index >= 15 is 0 Å². The van der Waals surface area contributed by atoms with Crippen LogP contribution in [0.25, 0.3) is 0 Å². The van der Waals surface area contributed by atoms with Gasteiger partial charge in [-0.3, -0.25) is 4.79 Å². The Labute approximate surface area is 52.1 Å². The monoisotopic (exact) mass is 132 g/mol. The van der Waals surface area contributed by atoms with E-state index in [0.717, 1.165) is 0 Å². The number of hydrogen-bond acceptors (Lipinski definition) is 4. The van der Waals surface area contributed by atoms with Crippen LogP contribution in [0.3, 0.4) is 0 Å². The first-order chi connectivity index (χ1) is 4.09. The zero-order valence-electron chi connectivity index (χ0n) is 4.90. The lowest BCUT2D eigenvalue weighted by Gasteiger charge is -1.98. The number of ketones is 1. The fourth-order valence-electron chi connectivity index (χ4n) is 0.278. The van der Waals surface area contributed by atoms with Crippen molar-refractivity contribution >= 4 is 5.78 Å². The Morgan fingerprint density at radius 1 is 1.67 bits per heavy atom. The third kappa shape index (κ3) is 2.14. The van der Waals surface area contributed by atoms with Gasteiger partial charge < -0.3 is 15.3 Å². The molecule has 0 radical (unpaired) electrons. The molecule has 0 heterocycles. The topological polar surface area (TPSA) is 77.8 Å². The van der Waals surface area contributed by atoms with Crippen LogP contribution in [0, 0.1) is 0 Å². The maximum absolute atomic E-state index is 10.3. The summed E-state index contributed by atoms with van der Waals surface area (Å²) < 4.78 is 0. The molecule has 0 aliphatic heterocycles. The molecule has 0 saturated carbocycles. The highest BCUT2D eigenvalue weighted by molar-refractivity contribution is 5.95. The second-order valence-corrected chi connectivity index (χ2v) is 1.55. The van der Waals surface area contributed by atoms with Crippen molar-refractivity contribution in [2.24, 2.45) is 0 Å². The quantitative estimate of drug-likeness (QED) is 0.362. The molecule has 4 nitrogen and oxygen atoms in total. The van der Waals surface area contributed by atoms with Crippen LogP contribution < -0.4 is 0 Å². The molecule has 0 fully saturated rings. The Morgan fingerprint density at radius 2 is 2.11 bits per heavy atom. The molecule has 9 heavy (non-hydrogen) atoms. The largest absolute Gasteiger partial charge is 0.512 e. The zero-order chi connectivity index (χ0) is 7.44. The summed E-state index contributed by atoms with van der Waals surface area (Å²) in [6.07, 6.45) is -1.02. The third-order valence-electron chi connectivity index (χ3n) is 0.754. The van der Waals surface area contributed by atoms with Crippen LogP contribution in [-0.4, -0.2) is 27.2 Å². The lowest BCUT2D eigenvalue weighted by atomic mass is 10.2. The molecule has 0 rings (SSSR count). The molecule has 0 spiro atoms.